The van der Waals surface area contributed by atoms with Crippen LogP contribution in [0.15, 0.2) is 48.8 Å². The SMILES string of the molecule is O=C(Cc1ccc(Cl)cc1Cl)Nc1ccc(-n2cnnn2)cc1. The number of hydrogen-bond donors (Lipinski definition) is 1. The summed E-state index contributed by atoms with van der Waals surface area (Å²) in [5.41, 5.74) is 2.20. The van der Waals surface area contributed by atoms with Crippen LogP contribution in [-0.2, 0) is 11.2 Å². The second-order valence-corrected chi connectivity index (χ2v) is 5.61. The van der Waals surface area contributed by atoms with Crippen molar-refractivity contribution in [3.63, 3.8) is 0 Å². The van der Waals surface area contributed by atoms with E-state index < -0.39 is 0 Å². The van der Waals surface area contributed by atoms with Gasteiger partial charge in [-0.2, -0.15) is 0 Å². The molecule has 116 valence electrons. The van der Waals surface area contributed by atoms with Gasteiger partial charge in [0.05, 0.1) is 12.1 Å². The molecule has 0 aliphatic heterocycles. The van der Waals surface area contributed by atoms with Gasteiger partial charge in [-0.05, 0) is 52.4 Å². The second kappa shape index (κ2) is 6.76. The lowest BCUT2D eigenvalue weighted by Crippen LogP contribution is -2.14. The van der Waals surface area contributed by atoms with Crippen molar-refractivity contribution in [2.45, 2.75) is 6.42 Å². The Labute approximate surface area is 142 Å². The van der Waals surface area contributed by atoms with Crippen molar-refractivity contribution >= 4 is 34.8 Å². The molecule has 0 saturated heterocycles. The number of nitrogens with one attached hydrogen (secondary N) is 1. The zero-order valence-corrected chi connectivity index (χ0v) is 13.3. The summed E-state index contributed by atoms with van der Waals surface area (Å²) < 4.78 is 1.53. The van der Waals surface area contributed by atoms with Gasteiger partial charge in [0.25, 0.3) is 0 Å². The van der Waals surface area contributed by atoms with Gasteiger partial charge in [-0.1, -0.05) is 29.3 Å². The van der Waals surface area contributed by atoms with Crippen molar-refractivity contribution in [3.8, 4) is 5.69 Å². The standard InChI is InChI=1S/C15H11Cl2N5O/c16-11-2-1-10(14(17)8-11)7-15(23)19-12-3-5-13(6-4-12)22-9-18-20-21-22/h1-6,8-9H,7H2,(H,19,23). The predicted octanol–water partition coefficient (Wildman–Crippen LogP) is 3.15. The van der Waals surface area contributed by atoms with Crippen LogP contribution in [0.1, 0.15) is 5.56 Å². The second-order valence-electron chi connectivity index (χ2n) is 4.76. The summed E-state index contributed by atoms with van der Waals surface area (Å²) in [6.07, 6.45) is 1.67. The van der Waals surface area contributed by atoms with E-state index in [1.54, 1.807) is 42.5 Å². The average Bonchev–Trinajstić information content (AvgIpc) is 3.05. The number of benzene rings is 2. The van der Waals surface area contributed by atoms with Gasteiger partial charge in [0.2, 0.25) is 5.91 Å². The molecule has 0 bridgehead atoms. The van der Waals surface area contributed by atoms with Crippen LogP contribution in [-0.4, -0.2) is 26.1 Å². The molecule has 0 spiro atoms. The summed E-state index contributed by atoms with van der Waals surface area (Å²) in [6, 6.07) is 12.2. The number of carbonyl (C=O) groups is 1. The Bertz CT molecular complexity index is 818. The number of carbonyl (C=O) groups excluding carboxylic acids is 1. The van der Waals surface area contributed by atoms with E-state index >= 15 is 0 Å². The molecular weight excluding hydrogens is 337 g/mol. The minimum Gasteiger partial charge on any atom is -0.326 e. The van der Waals surface area contributed by atoms with Gasteiger partial charge < -0.3 is 5.32 Å². The van der Waals surface area contributed by atoms with Crippen molar-refractivity contribution in [1.29, 1.82) is 0 Å². The molecule has 0 aliphatic carbocycles. The first-order chi connectivity index (χ1) is 11.1. The fourth-order valence-corrected chi connectivity index (χ4v) is 2.50. The minimum atomic E-state index is -0.163. The van der Waals surface area contributed by atoms with Crippen molar-refractivity contribution in [3.05, 3.63) is 64.4 Å². The fourth-order valence-electron chi connectivity index (χ4n) is 2.02. The highest BCUT2D eigenvalue weighted by molar-refractivity contribution is 6.35. The normalized spacial score (nSPS) is 10.5. The number of anilines is 1. The van der Waals surface area contributed by atoms with Crippen LogP contribution >= 0.6 is 23.2 Å². The molecule has 0 radical (unpaired) electrons. The lowest BCUT2D eigenvalue weighted by molar-refractivity contribution is -0.115. The maximum atomic E-state index is 12.1. The Hall–Kier alpha value is -2.44. The van der Waals surface area contributed by atoms with Crippen molar-refractivity contribution < 1.29 is 4.79 Å². The maximum absolute atomic E-state index is 12.1. The number of halogens is 2. The first-order valence-electron chi connectivity index (χ1n) is 6.69. The Morgan fingerprint density at radius 2 is 1.91 bits per heavy atom. The van der Waals surface area contributed by atoms with E-state index in [0.717, 1.165) is 11.3 Å². The van der Waals surface area contributed by atoms with Gasteiger partial charge in [-0.3, -0.25) is 4.79 Å². The average molecular weight is 348 g/mol. The van der Waals surface area contributed by atoms with Crippen LogP contribution in [0, 0.1) is 0 Å². The number of aromatic nitrogens is 4. The molecule has 2 aromatic carbocycles. The van der Waals surface area contributed by atoms with Crippen LogP contribution in [0.2, 0.25) is 10.0 Å². The minimum absolute atomic E-state index is 0.163. The summed E-state index contributed by atoms with van der Waals surface area (Å²) in [4.78, 5) is 12.1. The Morgan fingerprint density at radius 3 is 2.57 bits per heavy atom. The molecule has 1 amide bonds. The highest BCUT2D eigenvalue weighted by atomic mass is 35.5. The van der Waals surface area contributed by atoms with Crippen LogP contribution in [0.5, 0.6) is 0 Å². The van der Waals surface area contributed by atoms with E-state index in [1.807, 2.05) is 0 Å². The summed E-state index contributed by atoms with van der Waals surface area (Å²) in [5, 5.41) is 14.8. The Morgan fingerprint density at radius 1 is 1.13 bits per heavy atom. The molecular formula is C15H11Cl2N5O. The third-order valence-electron chi connectivity index (χ3n) is 3.13. The summed E-state index contributed by atoms with van der Waals surface area (Å²) in [6.45, 7) is 0. The first-order valence-corrected chi connectivity index (χ1v) is 7.44. The highest BCUT2D eigenvalue weighted by Crippen LogP contribution is 2.22. The number of tetrazole rings is 1. The fraction of sp³-hybridized carbons (Fsp3) is 0.0667. The predicted molar refractivity (Wildman–Crippen MR) is 87.9 cm³/mol. The summed E-state index contributed by atoms with van der Waals surface area (Å²) >= 11 is 11.9. The van der Waals surface area contributed by atoms with E-state index in [0.29, 0.717) is 15.7 Å². The van der Waals surface area contributed by atoms with E-state index in [9.17, 15) is 4.79 Å². The van der Waals surface area contributed by atoms with E-state index in [-0.39, 0.29) is 12.3 Å². The van der Waals surface area contributed by atoms with Crippen molar-refractivity contribution in [2.75, 3.05) is 5.32 Å². The lowest BCUT2D eigenvalue weighted by atomic mass is 10.1. The molecule has 0 fully saturated rings. The topological polar surface area (TPSA) is 72.7 Å². The zero-order valence-electron chi connectivity index (χ0n) is 11.8. The molecule has 0 unspecified atom stereocenters. The number of rotatable bonds is 4. The van der Waals surface area contributed by atoms with Crippen molar-refractivity contribution in [1.82, 2.24) is 20.2 Å². The van der Waals surface area contributed by atoms with Crippen LogP contribution < -0.4 is 5.32 Å². The van der Waals surface area contributed by atoms with Crippen LogP contribution in [0.4, 0.5) is 5.69 Å². The zero-order chi connectivity index (χ0) is 16.2. The summed E-state index contributed by atoms with van der Waals surface area (Å²) in [5.74, 6) is -0.163. The lowest BCUT2D eigenvalue weighted by Gasteiger charge is -2.08. The van der Waals surface area contributed by atoms with Crippen LogP contribution in [0.25, 0.3) is 5.69 Å². The number of nitrogens with zero attached hydrogens (tertiary/aromatic N) is 4. The number of hydrogen-bond acceptors (Lipinski definition) is 4. The molecule has 1 N–H and O–H groups in total. The largest absolute Gasteiger partial charge is 0.326 e. The van der Waals surface area contributed by atoms with E-state index in [4.69, 9.17) is 23.2 Å². The summed E-state index contributed by atoms with van der Waals surface area (Å²) in [7, 11) is 0. The van der Waals surface area contributed by atoms with Gasteiger partial charge in [0.1, 0.15) is 6.33 Å². The Kier molecular flexibility index (Phi) is 4.55. The van der Waals surface area contributed by atoms with E-state index in [2.05, 4.69) is 20.8 Å². The van der Waals surface area contributed by atoms with Gasteiger partial charge >= 0.3 is 0 Å². The third kappa shape index (κ3) is 3.85. The molecule has 23 heavy (non-hydrogen) atoms. The quantitative estimate of drug-likeness (QED) is 0.786. The number of amides is 1. The smallest absolute Gasteiger partial charge is 0.228 e. The molecule has 6 nitrogen and oxygen atoms in total. The molecule has 8 heteroatoms. The van der Waals surface area contributed by atoms with Crippen molar-refractivity contribution in [2.24, 2.45) is 0 Å². The maximum Gasteiger partial charge on any atom is 0.228 e. The molecule has 3 aromatic rings. The third-order valence-corrected chi connectivity index (χ3v) is 3.72. The molecule has 0 atom stereocenters. The van der Waals surface area contributed by atoms with E-state index in [1.165, 1.54) is 11.0 Å². The van der Waals surface area contributed by atoms with Crippen LogP contribution in [0.3, 0.4) is 0 Å². The molecule has 0 aliphatic rings. The monoisotopic (exact) mass is 347 g/mol. The van der Waals surface area contributed by atoms with Gasteiger partial charge in [-0.15, -0.1) is 5.10 Å². The van der Waals surface area contributed by atoms with Gasteiger partial charge in [0.15, 0.2) is 0 Å². The van der Waals surface area contributed by atoms with Gasteiger partial charge in [0, 0.05) is 15.7 Å². The molecule has 0 saturated carbocycles. The Balaban J connectivity index is 1.66. The first kappa shape index (κ1) is 15.5. The molecule has 1 aromatic heterocycles. The highest BCUT2D eigenvalue weighted by Gasteiger charge is 2.08. The molecule has 1 heterocycles. The molecule has 3 rings (SSSR count). The van der Waals surface area contributed by atoms with Gasteiger partial charge in [-0.25, -0.2) is 4.68 Å².